The lowest BCUT2D eigenvalue weighted by molar-refractivity contribution is -0.121. The van der Waals surface area contributed by atoms with Crippen LogP contribution in [0.1, 0.15) is 28.8 Å². The summed E-state index contributed by atoms with van der Waals surface area (Å²) >= 11 is 0. The molecule has 0 unspecified atom stereocenters. The Labute approximate surface area is 161 Å². The van der Waals surface area contributed by atoms with E-state index < -0.39 is 17.5 Å². The van der Waals surface area contributed by atoms with Gasteiger partial charge < -0.3 is 20.1 Å². The zero-order valence-corrected chi connectivity index (χ0v) is 15.7. The average molecular weight is 392 g/mol. The van der Waals surface area contributed by atoms with Crippen molar-refractivity contribution in [3.63, 3.8) is 0 Å². The molecule has 2 aromatic carbocycles. The molecule has 0 radical (unpaired) electrons. The zero-order valence-electron chi connectivity index (χ0n) is 15.7. The second-order valence-electron chi connectivity index (χ2n) is 5.94. The summed E-state index contributed by atoms with van der Waals surface area (Å²) in [6, 6.07) is 8.04. The molecule has 0 aliphatic carbocycles. The topological polar surface area (TPSA) is 76.7 Å². The van der Waals surface area contributed by atoms with Crippen molar-refractivity contribution >= 4 is 11.8 Å². The summed E-state index contributed by atoms with van der Waals surface area (Å²) in [6.45, 7) is 0.480. The Balaban J connectivity index is 1.74. The van der Waals surface area contributed by atoms with Crippen LogP contribution in [-0.2, 0) is 11.3 Å². The molecular weight excluding hydrogens is 370 g/mol. The second kappa shape index (κ2) is 10.2. The summed E-state index contributed by atoms with van der Waals surface area (Å²) in [6.07, 6.45) is 0.560. The molecule has 28 heavy (non-hydrogen) atoms. The van der Waals surface area contributed by atoms with Crippen molar-refractivity contribution in [2.45, 2.75) is 19.4 Å². The molecule has 0 spiro atoms. The average Bonchev–Trinajstić information content (AvgIpc) is 2.69. The van der Waals surface area contributed by atoms with Gasteiger partial charge in [-0.2, -0.15) is 0 Å². The molecule has 150 valence electrons. The van der Waals surface area contributed by atoms with Crippen LogP contribution in [0.5, 0.6) is 11.5 Å². The van der Waals surface area contributed by atoms with E-state index in [1.54, 1.807) is 25.3 Å². The fraction of sp³-hybridized carbons (Fsp3) is 0.300. The minimum atomic E-state index is -0.927. The predicted molar refractivity (Wildman–Crippen MR) is 99.3 cm³/mol. The molecule has 0 aromatic heterocycles. The van der Waals surface area contributed by atoms with Gasteiger partial charge in [-0.1, -0.05) is 0 Å². The molecule has 0 aliphatic heterocycles. The van der Waals surface area contributed by atoms with Gasteiger partial charge >= 0.3 is 0 Å². The van der Waals surface area contributed by atoms with E-state index in [1.807, 2.05) is 0 Å². The van der Waals surface area contributed by atoms with Crippen molar-refractivity contribution in [2.75, 3.05) is 20.8 Å². The normalized spacial score (nSPS) is 10.3. The molecule has 0 saturated heterocycles. The summed E-state index contributed by atoms with van der Waals surface area (Å²) in [4.78, 5) is 23.8. The van der Waals surface area contributed by atoms with E-state index >= 15 is 0 Å². The third kappa shape index (κ3) is 5.94. The maximum absolute atomic E-state index is 13.5. The van der Waals surface area contributed by atoms with Gasteiger partial charge in [-0.05, 0) is 30.7 Å². The first kappa shape index (κ1) is 21.1. The summed E-state index contributed by atoms with van der Waals surface area (Å²) in [5.41, 5.74) is 0.564. The molecule has 8 heteroatoms. The Morgan fingerprint density at radius 2 is 1.79 bits per heavy atom. The summed E-state index contributed by atoms with van der Waals surface area (Å²) in [5.74, 6) is -1.27. The first-order chi connectivity index (χ1) is 13.4. The molecule has 2 amide bonds. The number of benzene rings is 2. The summed E-state index contributed by atoms with van der Waals surface area (Å²) < 4.78 is 36.8. The zero-order chi connectivity index (χ0) is 20.5. The number of nitrogens with one attached hydrogen (secondary N) is 2. The standard InChI is InChI=1S/C20H22F2N2O4/c1-27-15-7-5-13(18(11-15)28-2)12-24-19(25)4-3-9-23-20(26)16-8-6-14(21)10-17(16)22/h5-8,10-11H,3-4,9,12H2,1-2H3,(H,23,26)(H,24,25). The predicted octanol–water partition coefficient (Wildman–Crippen LogP) is 2.81. The number of rotatable bonds is 9. The van der Waals surface area contributed by atoms with Crippen LogP contribution in [-0.4, -0.2) is 32.6 Å². The van der Waals surface area contributed by atoms with Crippen LogP contribution < -0.4 is 20.1 Å². The Morgan fingerprint density at radius 3 is 2.46 bits per heavy atom. The summed E-state index contributed by atoms with van der Waals surface area (Å²) in [7, 11) is 3.09. The molecule has 0 heterocycles. The van der Waals surface area contributed by atoms with Crippen LogP contribution in [0, 0.1) is 11.6 Å². The molecule has 2 aromatic rings. The number of amides is 2. The Hall–Kier alpha value is -3.16. The first-order valence-corrected chi connectivity index (χ1v) is 8.65. The number of carbonyl (C=O) groups is 2. The molecule has 2 N–H and O–H groups in total. The Kier molecular flexibility index (Phi) is 7.74. The molecule has 2 rings (SSSR count). The molecule has 0 fully saturated rings. The van der Waals surface area contributed by atoms with Crippen LogP contribution in [0.15, 0.2) is 36.4 Å². The fourth-order valence-corrected chi connectivity index (χ4v) is 2.50. The van der Waals surface area contributed by atoms with Gasteiger partial charge in [0.2, 0.25) is 5.91 Å². The molecule has 6 nitrogen and oxygen atoms in total. The van der Waals surface area contributed by atoms with Crippen molar-refractivity contribution < 1.29 is 27.8 Å². The van der Waals surface area contributed by atoms with Crippen molar-refractivity contribution in [3.8, 4) is 11.5 Å². The third-order valence-electron chi connectivity index (χ3n) is 4.01. The van der Waals surface area contributed by atoms with Gasteiger partial charge in [0, 0.05) is 37.2 Å². The first-order valence-electron chi connectivity index (χ1n) is 8.65. The van der Waals surface area contributed by atoms with Crippen molar-refractivity contribution in [1.82, 2.24) is 10.6 Å². The highest BCUT2D eigenvalue weighted by atomic mass is 19.1. The molecule has 0 bridgehead atoms. The smallest absolute Gasteiger partial charge is 0.254 e. The monoisotopic (exact) mass is 392 g/mol. The van der Waals surface area contributed by atoms with E-state index in [2.05, 4.69) is 10.6 Å². The summed E-state index contributed by atoms with van der Waals surface area (Å²) in [5, 5.41) is 5.28. The van der Waals surface area contributed by atoms with Gasteiger partial charge in [-0.25, -0.2) is 8.78 Å². The van der Waals surface area contributed by atoms with E-state index in [-0.39, 0.29) is 24.4 Å². The van der Waals surface area contributed by atoms with Crippen LogP contribution in [0.4, 0.5) is 8.78 Å². The largest absolute Gasteiger partial charge is 0.497 e. The number of methoxy groups -OCH3 is 2. The van der Waals surface area contributed by atoms with E-state index in [1.165, 1.54) is 7.11 Å². The Morgan fingerprint density at radius 1 is 1.00 bits per heavy atom. The van der Waals surface area contributed by atoms with E-state index in [0.29, 0.717) is 30.5 Å². The highest BCUT2D eigenvalue weighted by Crippen LogP contribution is 2.24. The number of halogens is 2. The van der Waals surface area contributed by atoms with Gasteiger partial charge in [0.05, 0.1) is 19.8 Å². The minimum absolute atomic E-state index is 0.185. The molecular formula is C20H22F2N2O4. The van der Waals surface area contributed by atoms with Crippen molar-refractivity contribution in [2.24, 2.45) is 0 Å². The maximum atomic E-state index is 13.5. The van der Waals surface area contributed by atoms with Crippen LogP contribution in [0.3, 0.4) is 0 Å². The third-order valence-corrected chi connectivity index (χ3v) is 4.01. The number of ether oxygens (including phenoxy) is 2. The maximum Gasteiger partial charge on any atom is 0.254 e. The SMILES string of the molecule is COc1ccc(CNC(=O)CCCNC(=O)c2ccc(F)cc2F)c(OC)c1. The van der Waals surface area contributed by atoms with Gasteiger partial charge in [-0.3, -0.25) is 9.59 Å². The van der Waals surface area contributed by atoms with Crippen molar-refractivity contribution in [3.05, 3.63) is 59.2 Å². The van der Waals surface area contributed by atoms with Gasteiger partial charge in [0.25, 0.3) is 5.91 Å². The van der Waals surface area contributed by atoms with Gasteiger partial charge in [-0.15, -0.1) is 0 Å². The molecule has 0 atom stereocenters. The van der Waals surface area contributed by atoms with Crippen molar-refractivity contribution in [1.29, 1.82) is 0 Å². The fourth-order valence-electron chi connectivity index (χ4n) is 2.50. The number of hydrogen-bond acceptors (Lipinski definition) is 4. The molecule has 0 saturated carbocycles. The quantitative estimate of drug-likeness (QED) is 0.644. The number of hydrogen-bond donors (Lipinski definition) is 2. The second-order valence-corrected chi connectivity index (χ2v) is 5.94. The minimum Gasteiger partial charge on any atom is -0.497 e. The van der Waals surface area contributed by atoms with E-state index in [4.69, 9.17) is 9.47 Å². The van der Waals surface area contributed by atoms with E-state index in [0.717, 1.165) is 17.7 Å². The van der Waals surface area contributed by atoms with Crippen LogP contribution in [0.2, 0.25) is 0 Å². The lowest BCUT2D eigenvalue weighted by Crippen LogP contribution is -2.28. The van der Waals surface area contributed by atoms with Gasteiger partial charge in [0.1, 0.15) is 23.1 Å². The van der Waals surface area contributed by atoms with Crippen LogP contribution >= 0.6 is 0 Å². The van der Waals surface area contributed by atoms with Gasteiger partial charge in [0.15, 0.2) is 0 Å². The van der Waals surface area contributed by atoms with Crippen LogP contribution in [0.25, 0.3) is 0 Å². The Bertz CT molecular complexity index is 843. The number of carbonyl (C=O) groups excluding carboxylic acids is 2. The lowest BCUT2D eigenvalue weighted by Gasteiger charge is -2.11. The lowest BCUT2D eigenvalue weighted by atomic mass is 10.1. The van der Waals surface area contributed by atoms with E-state index in [9.17, 15) is 18.4 Å². The highest BCUT2D eigenvalue weighted by molar-refractivity contribution is 5.94. The molecule has 0 aliphatic rings. The highest BCUT2D eigenvalue weighted by Gasteiger charge is 2.12.